The summed E-state index contributed by atoms with van der Waals surface area (Å²) in [5.74, 6) is 0.631. The normalized spacial score (nSPS) is 11.3. The van der Waals surface area contributed by atoms with Crippen molar-refractivity contribution in [1.29, 1.82) is 0 Å². The lowest BCUT2D eigenvalue weighted by molar-refractivity contribution is 0.225. The summed E-state index contributed by atoms with van der Waals surface area (Å²) in [7, 11) is 0. The molecule has 0 aliphatic carbocycles. The Morgan fingerprint density at radius 1 is 0.917 bits per heavy atom. The zero-order valence-corrected chi connectivity index (χ0v) is 8.59. The van der Waals surface area contributed by atoms with Gasteiger partial charge in [0, 0.05) is 0 Å². The summed E-state index contributed by atoms with van der Waals surface area (Å²) in [6.07, 6.45) is -0.537. The molecule has 0 atom stereocenters. The van der Waals surface area contributed by atoms with Gasteiger partial charge in [0.15, 0.2) is 0 Å². The van der Waals surface area contributed by atoms with Crippen LogP contribution in [0.5, 0.6) is 0 Å². The Labute approximate surface area is 75.8 Å². The molecule has 0 heterocycles. The van der Waals surface area contributed by atoms with Crippen molar-refractivity contribution in [1.82, 2.24) is 0 Å². The Bertz CT molecular complexity index is 157. The molecule has 0 aromatic rings. The Morgan fingerprint density at radius 3 is 1.33 bits per heavy atom. The maximum Gasteiger partial charge on any atom is 0.0960 e. The smallest absolute Gasteiger partial charge is 0.0960 e. The molecule has 12 heavy (non-hydrogen) atoms. The fourth-order valence-electron chi connectivity index (χ4n) is 0.870. The van der Waals surface area contributed by atoms with Crippen molar-refractivity contribution in [2.75, 3.05) is 0 Å². The van der Waals surface area contributed by atoms with Crippen molar-refractivity contribution >= 4 is 0 Å². The van der Waals surface area contributed by atoms with Crippen LogP contribution in [0.3, 0.4) is 0 Å². The molecule has 0 aromatic heterocycles. The van der Waals surface area contributed by atoms with E-state index < -0.39 is 6.10 Å². The van der Waals surface area contributed by atoms with Gasteiger partial charge < -0.3 is 5.11 Å². The zero-order chi connectivity index (χ0) is 9.89. The lowest BCUT2D eigenvalue weighted by atomic mass is 9.90. The third-order valence-electron chi connectivity index (χ3n) is 2.19. The average Bonchev–Trinajstić information content (AvgIpc) is 2.00. The quantitative estimate of drug-likeness (QED) is 0.640. The highest BCUT2D eigenvalue weighted by Gasteiger charge is 2.16. The molecule has 0 aliphatic heterocycles. The van der Waals surface area contributed by atoms with Gasteiger partial charge in [-0.1, -0.05) is 40.9 Å². The Morgan fingerprint density at radius 2 is 1.17 bits per heavy atom. The number of rotatable bonds is 4. The van der Waals surface area contributed by atoms with E-state index in [9.17, 15) is 5.11 Å². The first-order valence-corrected chi connectivity index (χ1v) is 4.43. The van der Waals surface area contributed by atoms with Gasteiger partial charge in [-0.3, -0.25) is 0 Å². The van der Waals surface area contributed by atoms with E-state index in [2.05, 4.69) is 13.2 Å². The molecule has 0 spiro atoms. The van der Waals surface area contributed by atoms with Gasteiger partial charge in [0.1, 0.15) is 0 Å². The minimum absolute atomic E-state index is 0.315. The largest absolute Gasteiger partial charge is 0.384 e. The SMILES string of the molecule is C=C(C(C)C)C(O)C(=C)C(C)C. The zero-order valence-electron chi connectivity index (χ0n) is 8.59. The van der Waals surface area contributed by atoms with Gasteiger partial charge in [-0.2, -0.15) is 0 Å². The Balaban J connectivity index is 4.30. The molecule has 0 amide bonds. The molecule has 1 nitrogen and oxygen atoms in total. The number of hydrogen-bond acceptors (Lipinski definition) is 1. The maximum absolute atomic E-state index is 9.73. The fourth-order valence-corrected chi connectivity index (χ4v) is 0.870. The summed E-state index contributed by atoms with van der Waals surface area (Å²) >= 11 is 0. The minimum Gasteiger partial charge on any atom is -0.384 e. The molecule has 0 unspecified atom stereocenters. The molecular formula is C11H20O. The van der Waals surface area contributed by atoms with Crippen LogP contribution in [0.1, 0.15) is 27.7 Å². The van der Waals surface area contributed by atoms with E-state index in [1.807, 2.05) is 27.7 Å². The van der Waals surface area contributed by atoms with Gasteiger partial charge in [-0.25, -0.2) is 0 Å². The maximum atomic E-state index is 9.73. The molecule has 0 bridgehead atoms. The second-order valence-corrected chi connectivity index (χ2v) is 3.86. The van der Waals surface area contributed by atoms with Crippen LogP contribution < -0.4 is 0 Å². The van der Waals surface area contributed by atoms with Gasteiger partial charge in [0.05, 0.1) is 6.10 Å². The third-order valence-corrected chi connectivity index (χ3v) is 2.19. The van der Waals surface area contributed by atoms with E-state index in [-0.39, 0.29) is 0 Å². The number of hydrogen-bond donors (Lipinski definition) is 1. The third kappa shape index (κ3) is 2.82. The number of aliphatic hydroxyl groups is 1. The van der Waals surface area contributed by atoms with Crippen molar-refractivity contribution in [2.45, 2.75) is 33.8 Å². The first-order valence-electron chi connectivity index (χ1n) is 4.43. The van der Waals surface area contributed by atoms with Crippen LogP contribution >= 0.6 is 0 Å². The van der Waals surface area contributed by atoms with E-state index in [0.29, 0.717) is 11.8 Å². The van der Waals surface area contributed by atoms with Crippen molar-refractivity contribution in [3.63, 3.8) is 0 Å². The van der Waals surface area contributed by atoms with Gasteiger partial charge in [0.2, 0.25) is 0 Å². The van der Waals surface area contributed by atoms with E-state index in [1.165, 1.54) is 0 Å². The molecular weight excluding hydrogens is 148 g/mol. The first kappa shape index (κ1) is 11.4. The van der Waals surface area contributed by atoms with Crippen LogP contribution in [0.2, 0.25) is 0 Å². The summed E-state index contributed by atoms with van der Waals surface area (Å²) in [6.45, 7) is 15.8. The van der Waals surface area contributed by atoms with Crippen molar-refractivity contribution in [3.8, 4) is 0 Å². The van der Waals surface area contributed by atoms with Gasteiger partial charge in [0.25, 0.3) is 0 Å². The van der Waals surface area contributed by atoms with E-state index in [4.69, 9.17) is 0 Å². The van der Waals surface area contributed by atoms with E-state index >= 15 is 0 Å². The van der Waals surface area contributed by atoms with E-state index in [1.54, 1.807) is 0 Å². The lowest BCUT2D eigenvalue weighted by Crippen LogP contribution is -2.19. The number of aliphatic hydroxyl groups excluding tert-OH is 1. The van der Waals surface area contributed by atoms with Crippen LogP contribution in [0, 0.1) is 11.8 Å². The highest BCUT2D eigenvalue weighted by molar-refractivity contribution is 5.20. The highest BCUT2D eigenvalue weighted by atomic mass is 16.3. The van der Waals surface area contributed by atoms with Crippen molar-refractivity contribution in [2.24, 2.45) is 11.8 Å². The predicted octanol–water partition coefficient (Wildman–Crippen LogP) is 2.77. The first-order chi connectivity index (χ1) is 5.37. The lowest BCUT2D eigenvalue weighted by Gasteiger charge is -2.21. The monoisotopic (exact) mass is 168 g/mol. The van der Waals surface area contributed by atoms with Crippen LogP contribution in [0.4, 0.5) is 0 Å². The second kappa shape index (κ2) is 4.46. The highest BCUT2D eigenvalue weighted by Crippen LogP contribution is 2.21. The topological polar surface area (TPSA) is 20.2 Å². The second-order valence-electron chi connectivity index (χ2n) is 3.86. The Hall–Kier alpha value is -0.560. The van der Waals surface area contributed by atoms with Crippen molar-refractivity contribution in [3.05, 3.63) is 24.3 Å². The molecule has 0 saturated carbocycles. The molecule has 0 radical (unpaired) electrons. The summed E-state index contributed by atoms with van der Waals surface area (Å²) in [5, 5.41) is 9.73. The van der Waals surface area contributed by atoms with Crippen LogP contribution in [-0.4, -0.2) is 11.2 Å². The summed E-state index contributed by atoms with van der Waals surface area (Å²) in [5.41, 5.74) is 1.71. The van der Waals surface area contributed by atoms with E-state index in [0.717, 1.165) is 11.1 Å². The summed E-state index contributed by atoms with van der Waals surface area (Å²) < 4.78 is 0. The average molecular weight is 168 g/mol. The summed E-state index contributed by atoms with van der Waals surface area (Å²) in [6, 6.07) is 0. The molecule has 1 heteroatoms. The molecule has 0 saturated heterocycles. The van der Waals surface area contributed by atoms with Gasteiger partial charge in [-0.05, 0) is 23.0 Å². The van der Waals surface area contributed by atoms with Crippen LogP contribution in [0.25, 0.3) is 0 Å². The Kier molecular flexibility index (Phi) is 4.25. The van der Waals surface area contributed by atoms with Gasteiger partial charge >= 0.3 is 0 Å². The standard InChI is InChI=1S/C11H20O/c1-7(2)9(5)11(12)10(6)8(3)4/h7-8,11-12H,5-6H2,1-4H3. The van der Waals surface area contributed by atoms with Crippen LogP contribution in [0.15, 0.2) is 24.3 Å². The minimum atomic E-state index is -0.537. The molecule has 0 fully saturated rings. The molecule has 1 N–H and O–H groups in total. The van der Waals surface area contributed by atoms with Gasteiger partial charge in [-0.15, -0.1) is 0 Å². The molecule has 0 rings (SSSR count). The molecule has 70 valence electrons. The van der Waals surface area contributed by atoms with Crippen LogP contribution in [-0.2, 0) is 0 Å². The van der Waals surface area contributed by atoms with Crippen molar-refractivity contribution < 1.29 is 5.11 Å². The molecule has 0 aliphatic rings. The predicted molar refractivity (Wildman–Crippen MR) is 54.0 cm³/mol. The fraction of sp³-hybridized carbons (Fsp3) is 0.636. The molecule has 0 aromatic carbocycles. The summed E-state index contributed by atoms with van der Waals surface area (Å²) in [4.78, 5) is 0.